The van der Waals surface area contributed by atoms with Crippen LogP contribution in [0.3, 0.4) is 0 Å². The second-order valence-corrected chi connectivity index (χ2v) is 8.62. The fourth-order valence-electron chi connectivity index (χ4n) is 2.74. The van der Waals surface area contributed by atoms with Crippen LogP contribution in [0.25, 0.3) is 0 Å². The smallest absolute Gasteiger partial charge is 0.162 e. The average Bonchev–Trinajstić information content (AvgIpc) is 3.00. The van der Waals surface area contributed by atoms with E-state index in [2.05, 4.69) is 65.6 Å². The maximum Gasteiger partial charge on any atom is 0.162 e. The zero-order valence-electron chi connectivity index (χ0n) is 13.7. The summed E-state index contributed by atoms with van der Waals surface area (Å²) in [6.07, 6.45) is 0. The number of rotatable bonds is 4. The number of benzene rings is 1. The molecule has 1 aromatic carbocycles. The first-order chi connectivity index (χ1) is 10.9. The maximum atomic E-state index is 5.69. The van der Waals surface area contributed by atoms with Gasteiger partial charge in [0.15, 0.2) is 11.5 Å². The lowest BCUT2D eigenvalue weighted by atomic mass is 9.85. The normalized spacial score (nSPS) is 15.5. The van der Waals surface area contributed by atoms with Gasteiger partial charge in [0.2, 0.25) is 0 Å². The molecule has 1 aromatic heterocycles. The van der Waals surface area contributed by atoms with E-state index in [1.54, 1.807) is 11.3 Å². The lowest BCUT2D eigenvalue weighted by Crippen LogP contribution is -2.31. The summed E-state index contributed by atoms with van der Waals surface area (Å²) in [6.45, 7) is 8.80. The van der Waals surface area contributed by atoms with Crippen molar-refractivity contribution in [3.63, 3.8) is 0 Å². The molecule has 3 rings (SSSR count). The largest absolute Gasteiger partial charge is 0.486 e. The van der Waals surface area contributed by atoms with Crippen molar-refractivity contribution >= 4 is 27.3 Å². The van der Waals surface area contributed by atoms with E-state index in [-0.39, 0.29) is 5.41 Å². The minimum Gasteiger partial charge on any atom is -0.486 e. The standard InChI is InChI=1S/C18H22BrNO2S/c1-18(2,3)17(16-5-4-8-23-16)20-11-12-9-14-15(10-13(12)19)22-7-6-21-14/h4-5,8-10,17,20H,6-7,11H2,1-3H3/t17-/m1/s1. The van der Waals surface area contributed by atoms with Gasteiger partial charge in [0.1, 0.15) is 13.2 Å². The Labute approximate surface area is 150 Å². The van der Waals surface area contributed by atoms with E-state index >= 15 is 0 Å². The van der Waals surface area contributed by atoms with Gasteiger partial charge in [0.05, 0.1) is 0 Å². The van der Waals surface area contributed by atoms with Gasteiger partial charge >= 0.3 is 0 Å². The molecule has 2 aromatic rings. The molecule has 0 amide bonds. The number of hydrogen-bond donors (Lipinski definition) is 1. The summed E-state index contributed by atoms with van der Waals surface area (Å²) in [5.74, 6) is 1.65. The van der Waals surface area contributed by atoms with Gasteiger partial charge < -0.3 is 14.8 Å². The number of nitrogens with one attached hydrogen (secondary N) is 1. The molecular formula is C18H22BrNO2S. The molecule has 0 saturated heterocycles. The van der Waals surface area contributed by atoms with Crippen molar-refractivity contribution in [3.8, 4) is 11.5 Å². The van der Waals surface area contributed by atoms with Gasteiger partial charge in [0, 0.05) is 21.9 Å². The number of hydrogen-bond acceptors (Lipinski definition) is 4. The first kappa shape index (κ1) is 16.8. The van der Waals surface area contributed by atoms with Crippen LogP contribution >= 0.6 is 27.3 Å². The molecule has 0 unspecified atom stereocenters. The number of halogens is 1. The van der Waals surface area contributed by atoms with Crippen molar-refractivity contribution in [2.45, 2.75) is 33.4 Å². The molecule has 0 aliphatic carbocycles. The van der Waals surface area contributed by atoms with E-state index in [0.717, 1.165) is 22.5 Å². The minimum atomic E-state index is 0.144. The third-order valence-electron chi connectivity index (χ3n) is 3.90. The van der Waals surface area contributed by atoms with Crippen molar-refractivity contribution in [3.05, 3.63) is 44.6 Å². The summed E-state index contributed by atoms with van der Waals surface area (Å²) < 4.78 is 12.4. The summed E-state index contributed by atoms with van der Waals surface area (Å²) in [6, 6.07) is 8.69. The van der Waals surface area contributed by atoms with Gasteiger partial charge in [-0.25, -0.2) is 0 Å². The van der Waals surface area contributed by atoms with E-state index < -0.39 is 0 Å². The lowest BCUT2D eigenvalue weighted by Gasteiger charge is -2.31. The highest BCUT2D eigenvalue weighted by Crippen LogP contribution is 2.38. The Morgan fingerprint density at radius 3 is 2.52 bits per heavy atom. The fraction of sp³-hybridized carbons (Fsp3) is 0.444. The predicted molar refractivity (Wildman–Crippen MR) is 98.5 cm³/mol. The van der Waals surface area contributed by atoms with Crippen LogP contribution in [0.2, 0.25) is 0 Å². The van der Waals surface area contributed by atoms with Crippen LogP contribution in [0, 0.1) is 5.41 Å². The molecule has 0 radical (unpaired) electrons. The van der Waals surface area contributed by atoms with Crippen LogP contribution in [-0.4, -0.2) is 13.2 Å². The van der Waals surface area contributed by atoms with Gasteiger partial charge in [-0.05, 0) is 34.6 Å². The summed E-state index contributed by atoms with van der Waals surface area (Å²) in [4.78, 5) is 1.37. The summed E-state index contributed by atoms with van der Waals surface area (Å²) >= 11 is 5.45. The number of ether oxygens (including phenoxy) is 2. The van der Waals surface area contributed by atoms with Gasteiger partial charge in [-0.1, -0.05) is 42.8 Å². The van der Waals surface area contributed by atoms with Crippen molar-refractivity contribution in [1.82, 2.24) is 5.32 Å². The molecule has 2 heterocycles. The van der Waals surface area contributed by atoms with Crippen molar-refractivity contribution in [2.75, 3.05) is 13.2 Å². The molecule has 1 aliphatic heterocycles. The summed E-state index contributed by atoms with van der Waals surface area (Å²) in [5.41, 5.74) is 1.32. The van der Waals surface area contributed by atoms with E-state index in [1.165, 1.54) is 10.4 Å². The van der Waals surface area contributed by atoms with Gasteiger partial charge in [-0.2, -0.15) is 0 Å². The Bertz CT molecular complexity index is 664. The van der Waals surface area contributed by atoms with Crippen LogP contribution in [-0.2, 0) is 6.54 Å². The quantitative estimate of drug-likeness (QED) is 0.775. The third kappa shape index (κ3) is 3.90. The second-order valence-electron chi connectivity index (χ2n) is 6.78. The Kier molecular flexibility index (Phi) is 4.99. The molecule has 124 valence electrons. The van der Waals surface area contributed by atoms with Crippen LogP contribution in [0.5, 0.6) is 11.5 Å². The molecule has 0 saturated carbocycles. The van der Waals surface area contributed by atoms with E-state index in [9.17, 15) is 0 Å². The molecule has 1 N–H and O–H groups in total. The number of fused-ring (bicyclic) bond motifs is 1. The molecule has 0 spiro atoms. The summed E-state index contributed by atoms with van der Waals surface area (Å²) in [5, 5.41) is 5.84. The summed E-state index contributed by atoms with van der Waals surface area (Å²) in [7, 11) is 0. The molecule has 3 nitrogen and oxygen atoms in total. The van der Waals surface area contributed by atoms with Crippen LogP contribution < -0.4 is 14.8 Å². The zero-order chi connectivity index (χ0) is 16.4. The topological polar surface area (TPSA) is 30.5 Å². The van der Waals surface area contributed by atoms with Crippen molar-refractivity contribution < 1.29 is 9.47 Å². The molecule has 0 fully saturated rings. The Morgan fingerprint density at radius 1 is 1.22 bits per heavy atom. The predicted octanol–water partition coefficient (Wildman–Crippen LogP) is 5.16. The van der Waals surface area contributed by atoms with Crippen molar-refractivity contribution in [2.24, 2.45) is 5.41 Å². The van der Waals surface area contributed by atoms with Crippen LogP contribution in [0.15, 0.2) is 34.1 Å². The molecule has 23 heavy (non-hydrogen) atoms. The maximum absolute atomic E-state index is 5.69. The molecule has 1 atom stereocenters. The molecule has 0 bridgehead atoms. The van der Waals surface area contributed by atoms with E-state index in [4.69, 9.17) is 9.47 Å². The van der Waals surface area contributed by atoms with E-state index in [0.29, 0.717) is 19.3 Å². The highest BCUT2D eigenvalue weighted by atomic mass is 79.9. The van der Waals surface area contributed by atoms with Crippen LogP contribution in [0.1, 0.15) is 37.3 Å². The van der Waals surface area contributed by atoms with Crippen molar-refractivity contribution in [1.29, 1.82) is 0 Å². The Balaban J connectivity index is 1.79. The molecular weight excluding hydrogens is 374 g/mol. The monoisotopic (exact) mass is 395 g/mol. The minimum absolute atomic E-state index is 0.144. The average molecular weight is 396 g/mol. The SMILES string of the molecule is CC(C)(C)[C@H](NCc1cc2c(cc1Br)OCCO2)c1cccs1. The first-order valence-electron chi connectivity index (χ1n) is 7.80. The second kappa shape index (κ2) is 6.83. The van der Waals surface area contributed by atoms with E-state index in [1.807, 2.05) is 6.07 Å². The third-order valence-corrected chi connectivity index (χ3v) is 5.58. The highest BCUT2D eigenvalue weighted by molar-refractivity contribution is 9.10. The zero-order valence-corrected chi connectivity index (χ0v) is 16.1. The first-order valence-corrected chi connectivity index (χ1v) is 9.47. The Morgan fingerprint density at radius 2 is 1.91 bits per heavy atom. The molecule has 5 heteroatoms. The number of thiophene rings is 1. The fourth-order valence-corrected chi connectivity index (χ4v) is 4.25. The van der Waals surface area contributed by atoms with Gasteiger partial charge in [-0.15, -0.1) is 11.3 Å². The lowest BCUT2D eigenvalue weighted by molar-refractivity contribution is 0.171. The van der Waals surface area contributed by atoms with Crippen LogP contribution in [0.4, 0.5) is 0 Å². The molecule has 1 aliphatic rings. The Hall–Kier alpha value is -1.04. The van der Waals surface area contributed by atoms with Gasteiger partial charge in [0.25, 0.3) is 0 Å². The van der Waals surface area contributed by atoms with Gasteiger partial charge in [-0.3, -0.25) is 0 Å². The highest BCUT2D eigenvalue weighted by Gasteiger charge is 2.27.